The molecule has 1 aliphatic rings. The average Bonchev–Trinajstić information content (AvgIpc) is 2.40. The van der Waals surface area contributed by atoms with E-state index in [2.05, 4.69) is 0 Å². The van der Waals surface area contributed by atoms with Gasteiger partial charge in [0.1, 0.15) is 0 Å². The first-order valence-corrected chi connectivity index (χ1v) is 3.30. The van der Waals surface area contributed by atoms with Gasteiger partial charge in [-0.2, -0.15) is 0 Å². The lowest BCUT2D eigenvalue weighted by molar-refractivity contribution is -0.00904. The molecule has 0 amide bonds. The molecule has 0 unspecified atom stereocenters. The van der Waals surface area contributed by atoms with Crippen molar-refractivity contribution < 1.29 is 9.50 Å². The van der Waals surface area contributed by atoms with E-state index in [1.165, 1.54) is 0 Å². The number of halogens is 1. The second-order valence-corrected chi connectivity index (χ2v) is 3.47. The van der Waals surface area contributed by atoms with E-state index < -0.39 is 5.60 Å². The summed E-state index contributed by atoms with van der Waals surface area (Å²) in [5, 5.41) is 9.37. The summed E-state index contributed by atoms with van der Waals surface area (Å²) in [6, 6.07) is 0. The zero-order valence-corrected chi connectivity index (χ0v) is 5.95. The van der Waals surface area contributed by atoms with Crippen molar-refractivity contribution in [3.8, 4) is 0 Å². The Morgan fingerprint density at radius 1 is 1.56 bits per heavy atom. The van der Waals surface area contributed by atoms with Crippen LogP contribution < -0.4 is 0 Å². The molecular formula is C7H13FO. The lowest BCUT2D eigenvalue weighted by Gasteiger charge is -2.26. The van der Waals surface area contributed by atoms with Gasteiger partial charge in [-0.05, 0) is 26.7 Å². The highest BCUT2D eigenvalue weighted by molar-refractivity contribution is 5.03. The summed E-state index contributed by atoms with van der Waals surface area (Å²) in [5.41, 5.74) is -1.20. The van der Waals surface area contributed by atoms with Crippen molar-refractivity contribution in [2.75, 3.05) is 6.67 Å². The molecule has 1 N–H and O–H groups in total. The normalized spacial score (nSPS) is 24.0. The third kappa shape index (κ3) is 0.960. The first-order chi connectivity index (χ1) is 4.02. The molecule has 1 rings (SSSR count). The Kier molecular flexibility index (Phi) is 1.31. The van der Waals surface area contributed by atoms with Crippen LogP contribution >= 0.6 is 0 Å². The second-order valence-electron chi connectivity index (χ2n) is 3.47. The molecule has 54 valence electrons. The first-order valence-electron chi connectivity index (χ1n) is 3.30. The van der Waals surface area contributed by atoms with Crippen LogP contribution in [0, 0.1) is 5.41 Å². The molecule has 1 saturated carbocycles. The summed E-state index contributed by atoms with van der Waals surface area (Å²) in [5.74, 6) is 0. The van der Waals surface area contributed by atoms with Gasteiger partial charge in [-0.15, -0.1) is 0 Å². The number of alkyl halides is 1. The Morgan fingerprint density at radius 2 is 2.00 bits per heavy atom. The van der Waals surface area contributed by atoms with E-state index in [0.29, 0.717) is 0 Å². The highest BCUT2D eigenvalue weighted by atomic mass is 19.1. The molecule has 0 bridgehead atoms. The molecule has 9 heavy (non-hydrogen) atoms. The Balaban J connectivity index is 2.60. The highest BCUT2D eigenvalue weighted by Crippen LogP contribution is 2.53. The Hall–Kier alpha value is -0.110. The van der Waals surface area contributed by atoms with Crippen LogP contribution in [0.1, 0.15) is 26.7 Å². The molecule has 2 heteroatoms. The average molecular weight is 132 g/mol. The van der Waals surface area contributed by atoms with Crippen molar-refractivity contribution in [2.45, 2.75) is 32.3 Å². The summed E-state index contributed by atoms with van der Waals surface area (Å²) in [6.45, 7) is 2.98. The summed E-state index contributed by atoms with van der Waals surface area (Å²) >= 11 is 0. The maximum atomic E-state index is 12.2. The predicted octanol–water partition coefficient (Wildman–Crippen LogP) is 1.51. The van der Waals surface area contributed by atoms with E-state index in [1.807, 2.05) is 0 Å². The smallest absolute Gasteiger partial charge is 0.0977 e. The van der Waals surface area contributed by atoms with Crippen LogP contribution in [0.15, 0.2) is 0 Å². The van der Waals surface area contributed by atoms with Gasteiger partial charge in [-0.1, -0.05) is 0 Å². The van der Waals surface area contributed by atoms with Crippen LogP contribution in [0.25, 0.3) is 0 Å². The molecular weight excluding hydrogens is 119 g/mol. The summed E-state index contributed by atoms with van der Waals surface area (Å²) in [6.07, 6.45) is 1.68. The lowest BCUT2D eigenvalue weighted by atomic mass is 9.89. The van der Waals surface area contributed by atoms with Crippen LogP contribution in [0.3, 0.4) is 0 Å². The largest absolute Gasteiger partial charge is 0.390 e. The molecule has 0 aromatic carbocycles. The van der Waals surface area contributed by atoms with Crippen molar-refractivity contribution in [1.29, 1.82) is 0 Å². The van der Waals surface area contributed by atoms with Gasteiger partial charge in [-0.25, -0.2) is 0 Å². The molecule has 0 spiro atoms. The van der Waals surface area contributed by atoms with E-state index in [0.717, 1.165) is 12.8 Å². The quantitative estimate of drug-likeness (QED) is 0.603. The Labute approximate surface area is 54.9 Å². The Bertz CT molecular complexity index is 111. The third-order valence-electron chi connectivity index (χ3n) is 2.41. The van der Waals surface area contributed by atoms with Gasteiger partial charge in [0.05, 0.1) is 12.3 Å². The van der Waals surface area contributed by atoms with Crippen molar-refractivity contribution >= 4 is 0 Å². The van der Waals surface area contributed by atoms with Gasteiger partial charge in [-0.3, -0.25) is 4.39 Å². The highest BCUT2D eigenvalue weighted by Gasteiger charge is 2.53. The third-order valence-corrected chi connectivity index (χ3v) is 2.41. The molecule has 0 heterocycles. The van der Waals surface area contributed by atoms with Gasteiger partial charge in [0, 0.05) is 5.41 Å². The van der Waals surface area contributed by atoms with Gasteiger partial charge >= 0.3 is 0 Å². The minimum Gasteiger partial charge on any atom is -0.390 e. The molecule has 0 atom stereocenters. The maximum Gasteiger partial charge on any atom is 0.0977 e. The van der Waals surface area contributed by atoms with Gasteiger partial charge in [0.2, 0.25) is 0 Å². The van der Waals surface area contributed by atoms with Crippen LogP contribution in [0.2, 0.25) is 0 Å². The minimum absolute atomic E-state index is 0.378. The van der Waals surface area contributed by atoms with Crippen LogP contribution in [-0.4, -0.2) is 17.4 Å². The van der Waals surface area contributed by atoms with E-state index in [1.54, 1.807) is 13.8 Å². The van der Waals surface area contributed by atoms with Crippen molar-refractivity contribution in [3.63, 3.8) is 0 Å². The Morgan fingerprint density at radius 3 is 2.00 bits per heavy atom. The van der Waals surface area contributed by atoms with Gasteiger partial charge in [0.25, 0.3) is 0 Å². The molecule has 0 aromatic rings. The topological polar surface area (TPSA) is 20.2 Å². The van der Waals surface area contributed by atoms with E-state index in [9.17, 15) is 9.50 Å². The molecule has 0 radical (unpaired) electrons. The number of hydrogen-bond donors (Lipinski definition) is 1. The van der Waals surface area contributed by atoms with Crippen LogP contribution in [-0.2, 0) is 0 Å². The van der Waals surface area contributed by atoms with Crippen molar-refractivity contribution in [2.24, 2.45) is 5.41 Å². The molecule has 1 fully saturated rings. The molecule has 0 aliphatic heterocycles. The predicted molar refractivity (Wildman–Crippen MR) is 33.9 cm³/mol. The van der Waals surface area contributed by atoms with Crippen molar-refractivity contribution in [1.82, 2.24) is 0 Å². The summed E-state index contributed by atoms with van der Waals surface area (Å²) < 4.78 is 12.2. The first kappa shape index (κ1) is 7.00. The van der Waals surface area contributed by atoms with Crippen LogP contribution in [0.4, 0.5) is 4.39 Å². The SMILES string of the molecule is CC(C)(O)C1(CF)CC1. The molecule has 0 aromatic heterocycles. The van der Waals surface area contributed by atoms with Gasteiger partial charge < -0.3 is 5.11 Å². The second kappa shape index (κ2) is 1.69. The zero-order chi connectivity index (χ0) is 7.12. The van der Waals surface area contributed by atoms with Crippen LogP contribution in [0.5, 0.6) is 0 Å². The fraction of sp³-hybridized carbons (Fsp3) is 1.00. The fourth-order valence-electron chi connectivity index (χ4n) is 1.06. The lowest BCUT2D eigenvalue weighted by Crippen LogP contribution is -2.33. The van der Waals surface area contributed by atoms with Gasteiger partial charge in [0.15, 0.2) is 0 Å². The minimum atomic E-state index is -0.818. The summed E-state index contributed by atoms with van der Waals surface area (Å²) in [4.78, 5) is 0. The van der Waals surface area contributed by atoms with E-state index in [-0.39, 0.29) is 12.1 Å². The number of hydrogen-bond acceptors (Lipinski definition) is 1. The molecule has 1 nitrogen and oxygen atoms in total. The summed E-state index contributed by atoms with van der Waals surface area (Å²) in [7, 11) is 0. The molecule has 0 saturated heterocycles. The molecule has 1 aliphatic carbocycles. The van der Waals surface area contributed by atoms with Crippen molar-refractivity contribution in [3.05, 3.63) is 0 Å². The standard InChI is InChI=1S/C7H13FO/c1-6(2,9)7(5-8)3-4-7/h9H,3-5H2,1-2H3. The number of rotatable bonds is 2. The van der Waals surface area contributed by atoms with E-state index in [4.69, 9.17) is 0 Å². The fourth-order valence-corrected chi connectivity index (χ4v) is 1.06. The van der Waals surface area contributed by atoms with E-state index >= 15 is 0 Å². The maximum absolute atomic E-state index is 12.2. The zero-order valence-electron chi connectivity index (χ0n) is 5.95. The number of aliphatic hydroxyl groups is 1. The monoisotopic (exact) mass is 132 g/mol.